The predicted molar refractivity (Wildman–Crippen MR) is 149 cm³/mol. The van der Waals surface area contributed by atoms with Crippen molar-refractivity contribution in [2.45, 2.75) is 73.3 Å². The first kappa shape index (κ1) is 27.9. The average Bonchev–Trinajstić information content (AvgIpc) is 3.23. The number of hydrogen-bond acceptors (Lipinski definition) is 4. The normalized spacial score (nSPS) is 12.1. The lowest BCUT2D eigenvalue weighted by Crippen LogP contribution is -2.27. The van der Waals surface area contributed by atoms with E-state index in [1.165, 1.54) is 22.3 Å². The summed E-state index contributed by atoms with van der Waals surface area (Å²) in [5.74, 6) is 1.47. The number of anilines is 3. The van der Waals surface area contributed by atoms with Crippen LogP contribution >= 0.6 is 0 Å². The molecule has 1 aromatic heterocycles. The third-order valence-corrected chi connectivity index (χ3v) is 5.82. The van der Waals surface area contributed by atoms with E-state index in [0.29, 0.717) is 12.0 Å². The highest BCUT2D eigenvalue weighted by molar-refractivity contribution is 5.61. The lowest BCUT2D eigenvalue weighted by molar-refractivity contribution is -0.110. The fourth-order valence-electron chi connectivity index (χ4n) is 4.35. The van der Waals surface area contributed by atoms with Gasteiger partial charge in [-0.05, 0) is 79.0 Å². The van der Waals surface area contributed by atoms with Crippen molar-refractivity contribution < 1.29 is 4.79 Å². The quantitative estimate of drug-likeness (QED) is 0.346. The van der Waals surface area contributed by atoms with Gasteiger partial charge in [0.2, 0.25) is 6.41 Å². The van der Waals surface area contributed by atoms with Gasteiger partial charge in [-0.1, -0.05) is 65.0 Å². The van der Waals surface area contributed by atoms with Gasteiger partial charge in [-0.25, -0.2) is 4.98 Å². The maximum Gasteiger partial charge on any atom is 0.207 e. The Bertz CT molecular complexity index is 1030. The van der Waals surface area contributed by atoms with Crippen LogP contribution in [0.3, 0.4) is 0 Å². The van der Waals surface area contributed by atoms with Gasteiger partial charge >= 0.3 is 0 Å². The van der Waals surface area contributed by atoms with Crippen LogP contribution in [-0.4, -0.2) is 17.4 Å². The van der Waals surface area contributed by atoms with Crippen molar-refractivity contribution in [1.82, 2.24) is 10.3 Å². The Morgan fingerprint density at radius 3 is 2.23 bits per heavy atom. The van der Waals surface area contributed by atoms with E-state index < -0.39 is 0 Å². The number of rotatable bonds is 7. The highest BCUT2D eigenvalue weighted by Gasteiger charge is 2.19. The van der Waals surface area contributed by atoms with Crippen LogP contribution in [0.15, 0.2) is 54.6 Å². The number of nitrogens with one attached hydrogen (secondary N) is 2. The summed E-state index contributed by atoms with van der Waals surface area (Å²) in [5.41, 5.74) is 14.2. The van der Waals surface area contributed by atoms with E-state index in [-0.39, 0.29) is 0 Å². The molecule has 188 valence electrons. The minimum atomic E-state index is 0.319. The number of nitrogen functional groups attached to an aromatic ring is 1. The predicted octanol–water partition coefficient (Wildman–Crippen LogP) is 6.40. The standard InChI is InChI=1S/C18H25N3.C10H11NO.C2H6/c1-5-14-10-17(7-6-15(14)8-12(2)3)21-18-11-16(19)9-13(4)20-18;12-7-11-10-5-8-3-1-2-4-9(8)6-10;1-2/h6-7,9-12H,5,8H2,1-4H3,(H3,19,20,21);1-4,7,10H,5-6H2,(H,11,12);1-2H3. The van der Waals surface area contributed by atoms with Crippen LogP contribution in [0.1, 0.15) is 62.6 Å². The summed E-state index contributed by atoms with van der Waals surface area (Å²) in [6.07, 6.45) is 4.92. The van der Waals surface area contributed by atoms with Crippen molar-refractivity contribution in [3.63, 3.8) is 0 Å². The number of pyridine rings is 1. The molecule has 1 aliphatic carbocycles. The number of nitrogens with two attached hydrogens (primary N) is 1. The molecule has 1 amide bonds. The van der Waals surface area contributed by atoms with E-state index in [1.807, 2.05) is 45.0 Å². The lowest BCUT2D eigenvalue weighted by Gasteiger charge is -2.14. The molecule has 35 heavy (non-hydrogen) atoms. The molecular weight excluding hydrogens is 432 g/mol. The van der Waals surface area contributed by atoms with Crippen LogP contribution in [0, 0.1) is 12.8 Å². The van der Waals surface area contributed by atoms with Crippen LogP contribution in [0.4, 0.5) is 17.2 Å². The average molecular weight is 475 g/mol. The van der Waals surface area contributed by atoms with Gasteiger partial charge in [-0.2, -0.15) is 0 Å². The van der Waals surface area contributed by atoms with E-state index >= 15 is 0 Å². The topological polar surface area (TPSA) is 80.0 Å². The monoisotopic (exact) mass is 474 g/mol. The fraction of sp³-hybridized carbons (Fsp3) is 0.400. The molecule has 1 heterocycles. The van der Waals surface area contributed by atoms with E-state index in [9.17, 15) is 4.79 Å². The van der Waals surface area contributed by atoms with Crippen molar-refractivity contribution in [2.75, 3.05) is 11.1 Å². The number of amides is 1. The maximum absolute atomic E-state index is 10.2. The Balaban J connectivity index is 0.000000260. The molecule has 4 N–H and O–H groups in total. The molecule has 0 saturated heterocycles. The summed E-state index contributed by atoms with van der Waals surface area (Å²) in [4.78, 5) is 14.7. The van der Waals surface area contributed by atoms with Gasteiger partial charge in [0.1, 0.15) is 5.82 Å². The molecule has 5 heteroatoms. The molecule has 0 aliphatic heterocycles. The van der Waals surface area contributed by atoms with Gasteiger partial charge in [0.05, 0.1) is 0 Å². The van der Waals surface area contributed by atoms with Crippen LogP contribution in [0.2, 0.25) is 0 Å². The largest absolute Gasteiger partial charge is 0.399 e. The Kier molecular flexibility index (Phi) is 11.3. The summed E-state index contributed by atoms with van der Waals surface area (Å²) in [7, 11) is 0. The zero-order valence-electron chi connectivity index (χ0n) is 22.2. The zero-order chi connectivity index (χ0) is 25.8. The molecule has 0 fully saturated rings. The summed E-state index contributed by atoms with van der Waals surface area (Å²) in [6, 6.07) is 19.0. The Labute approximate surface area is 211 Å². The summed E-state index contributed by atoms with van der Waals surface area (Å²) in [6.45, 7) is 12.7. The first-order valence-electron chi connectivity index (χ1n) is 12.8. The van der Waals surface area contributed by atoms with E-state index in [0.717, 1.165) is 55.0 Å². The Morgan fingerprint density at radius 2 is 1.69 bits per heavy atom. The molecule has 0 unspecified atom stereocenters. The van der Waals surface area contributed by atoms with Crippen molar-refractivity contribution in [3.05, 3.63) is 82.5 Å². The van der Waals surface area contributed by atoms with Crippen LogP contribution in [0.5, 0.6) is 0 Å². The second-order valence-corrected chi connectivity index (χ2v) is 9.15. The maximum atomic E-state index is 10.2. The molecule has 0 atom stereocenters. The Hall–Kier alpha value is -3.34. The van der Waals surface area contributed by atoms with Crippen molar-refractivity contribution >= 4 is 23.6 Å². The highest BCUT2D eigenvalue weighted by atomic mass is 16.1. The first-order valence-corrected chi connectivity index (χ1v) is 12.8. The fourth-order valence-corrected chi connectivity index (χ4v) is 4.35. The van der Waals surface area contributed by atoms with Gasteiger partial charge in [0, 0.05) is 29.2 Å². The third kappa shape index (κ3) is 8.75. The highest BCUT2D eigenvalue weighted by Crippen LogP contribution is 2.23. The van der Waals surface area contributed by atoms with E-state index in [4.69, 9.17) is 5.73 Å². The third-order valence-electron chi connectivity index (χ3n) is 5.82. The van der Waals surface area contributed by atoms with Crippen molar-refractivity contribution in [2.24, 2.45) is 5.92 Å². The zero-order valence-corrected chi connectivity index (χ0v) is 22.2. The molecule has 1 aliphatic rings. The lowest BCUT2D eigenvalue weighted by atomic mass is 9.96. The first-order chi connectivity index (χ1) is 16.9. The number of benzene rings is 2. The van der Waals surface area contributed by atoms with Gasteiger partial charge in [-0.15, -0.1) is 0 Å². The van der Waals surface area contributed by atoms with Gasteiger partial charge < -0.3 is 16.4 Å². The summed E-state index contributed by atoms with van der Waals surface area (Å²) < 4.78 is 0. The molecule has 0 spiro atoms. The summed E-state index contributed by atoms with van der Waals surface area (Å²) >= 11 is 0. The second kappa shape index (κ2) is 14.1. The van der Waals surface area contributed by atoms with Gasteiger partial charge in [0.25, 0.3) is 0 Å². The number of hydrogen-bond donors (Lipinski definition) is 3. The molecule has 3 aromatic rings. The minimum absolute atomic E-state index is 0.319. The summed E-state index contributed by atoms with van der Waals surface area (Å²) in [5, 5.41) is 6.16. The molecule has 0 bridgehead atoms. The second-order valence-electron chi connectivity index (χ2n) is 9.15. The molecule has 2 aromatic carbocycles. The van der Waals surface area contributed by atoms with Crippen LogP contribution < -0.4 is 16.4 Å². The van der Waals surface area contributed by atoms with Gasteiger partial charge in [-0.3, -0.25) is 4.79 Å². The molecule has 4 rings (SSSR count). The SMILES string of the molecule is CC.CCc1cc(Nc2cc(N)cc(C)n2)ccc1CC(C)C.O=CNC1Cc2ccccc2C1. The number of aromatic nitrogens is 1. The number of carbonyl (C=O) groups excluding carboxylic acids is 1. The van der Waals surface area contributed by atoms with Crippen molar-refractivity contribution in [1.29, 1.82) is 0 Å². The van der Waals surface area contributed by atoms with Gasteiger partial charge in [0.15, 0.2) is 0 Å². The minimum Gasteiger partial charge on any atom is -0.399 e. The molecule has 5 nitrogen and oxygen atoms in total. The van der Waals surface area contributed by atoms with E-state index in [2.05, 4.69) is 66.7 Å². The van der Waals surface area contributed by atoms with Crippen LogP contribution in [0.25, 0.3) is 0 Å². The number of nitrogens with zero attached hydrogens (tertiary/aromatic N) is 1. The Morgan fingerprint density at radius 1 is 1.03 bits per heavy atom. The molecule has 0 saturated carbocycles. The van der Waals surface area contributed by atoms with Crippen LogP contribution in [-0.2, 0) is 30.5 Å². The van der Waals surface area contributed by atoms with E-state index in [1.54, 1.807) is 0 Å². The van der Waals surface area contributed by atoms with Crippen molar-refractivity contribution in [3.8, 4) is 0 Å². The number of carbonyl (C=O) groups is 1. The molecule has 0 radical (unpaired) electrons. The molecular formula is C30H42N4O. The number of aryl methyl sites for hydroxylation is 2. The number of fused-ring (bicyclic) bond motifs is 1. The smallest absolute Gasteiger partial charge is 0.207 e.